The van der Waals surface area contributed by atoms with Crippen molar-refractivity contribution >= 4 is 23.2 Å². The largest absolute Gasteiger partial charge is 0.364 e. The van der Waals surface area contributed by atoms with Crippen LogP contribution in [0.5, 0.6) is 0 Å². The van der Waals surface area contributed by atoms with Crippen molar-refractivity contribution in [2.75, 3.05) is 17.3 Å². The third-order valence-electron chi connectivity index (χ3n) is 2.57. The first-order valence-electron chi connectivity index (χ1n) is 6.33. The van der Waals surface area contributed by atoms with Crippen molar-refractivity contribution in [3.63, 3.8) is 0 Å². The molecule has 0 unspecified atom stereocenters. The SMILES string of the molecule is CCNc1ncnc(NNC(=O)c2cccnc2)c1[N+](=O)[O-]. The van der Waals surface area contributed by atoms with E-state index < -0.39 is 10.8 Å². The fourth-order valence-corrected chi connectivity index (χ4v) is 1.63. The molecule has 0 aliphatic carbocycles. The molecule has 0 spiro atoms. The highest BCUT2D eigenvalue weighted by molar-refractivity contribution is 5.94. The minimum absolute atomic E-state index is 0.0700. The molecule has 1 amide bonds. The van der Waals surface area contributed by atoms with Crippen LogP contribution in [0.4, 0.5) is 17.3 Å². The van der Waals surface area contributed by atoms with Gasteiger partial charge in [0.25, 0.3) is 5.91 Å². The lowest BCUT2D eigenvalue weighted by Gasteiger charge is -2.09. The van der Waals surface area contributed by atoms with Crippen molar-refractivity contribution < 1.29 is 9.72 Å². The molecule has 0 aromatic carbocycles. The zero-order valence-electron chi connectivity index (χ0n) is 11.6. The smallest absolute Gasteiger partial charge is 0.354 e. The van der Waals surface area contributed by atoms with E-state index in [1.54, 1.807) is 19.1 Å². The summed E-state index contributed by atoms with van der Waals surface area (Å²) in [7, 11) is 0. The summed E-state index contributed by atoms with van der Waals surface area (Å²) >= 11 is 0. The molecule has 2 rings (SSSR count). The lowest BCUT2D eigenvalue weighted by molar-refractivity contribution is -0.383. The van der Waals surface area contributed by atoms with E-state index in [1.807, 2.05) is 0 Å². The van der Waals surface area contributed by atoms with Crippen molar-refractivity contribution in [2.45, 2.75) is 6.92 Å². The Morgan fingerprint density at radius 1 is 1.36 bits per heavy atom. The molecule has 0 radical (unpaired) electrons. The van der Waals surface area contributed by atoms with Crippen molar-refractivity contribution in [1.82, 2.24) is 20.4 Å². The molecule has 2 aromatic heterocycles. The van der Waals surface area contributed by atoms with Crippen LogP contribution in [0.3, 0.4) is 0 Å². The number of nitrogens with one attached hydrogen (secondary N) is 3. The predicted molar refractivity (Wildman–Crippen MR) is 78.2 cm³/mol. The van der Waals surface area contributed by atoms with Gasteiger partial charge in [-0.2, -0.15) is 0 Å². The fraction of sp³-hybridized carbons (Fsp3) is 0.167. The summed E-state index contributed by atoms with van der Waals surface area (Å²) in [5.41, 5.74) is 4.71. The fourth-order valence-electron chi connectivity index (χ4n) is 1.63. The van der Waals surface area contributed by atoms with Gasteiger partial charge in [0.15, 0.2) is 0 Å². The number of nitrogens with zero attached hydrogens (tertiary/aromatic N) is 4. The van der Waals surface area contributed by atoms with Gasteiger partial charge >= 0.3 is 5.69 Å². The monoisotopic (exact) mass is 303 g/mol. The second-order valence-electron chi connectivity index (χ2n) is 4.03. The quantitative estimate of drug-likeness (QED) is 0.530. The van der Waals surface area contributed by atoms with Crippen molar-refractivity contribution in [3.8, 4) is 0 Å². The number of aromatic nitrogens is 3. The van der Waals surface area contributed by atoms with Gasteiger partial charge in [0.2, 0.25) is 11.6 Å². The number of hydrogen-bond donors (Lipinski definition) is 3. The number of amides is 1. The minimum atomic E-state index is -0.628. The van der Waals surface area contributed by atoms with Crippen LogP contribution in [0.25, 0.3) is 0 Å². The molecule has 114 valence electrons. The molecule has 0 saturated carbocycles. The molecule has 10 heteroatoms. The van der Waals surface area contributed by atoms with Crippen LogP contribution in [0.15, 0.2) is 30.9 Å². The summed E-state index contributed by atoms with van der Waals surface area (Å²) in [6, 6.07) is 3.16. The average molecular weight is 303 g/mol. The molecule has 10 nitrogen and oxygen atoms in total. The normalized spacial score (nSPS) is 9.86. The van der Waals surface area contributed by atoms with Gasteiger partial charge in [-0.3, -0.25) is 30.7 Å². The van der Waals surface area contributed by atoms with Crippen LogP contribution in [-0.2, 0) is 0 Å². The van der Waals surface area contributed by atoms with Crippen LogP contribution in [-0.4, -0.2) is 32.3 Å². The Kier molecular flexibility index (Phi) is 4.75. The van der Waals surface area contributed by atoms with Gasteiger partial charge in [-0.1, -0.05) is 0 Å². The molecule has 0 aliphatic heterocycles. The van der Waals surface area contributed by atoms with Gasteiger partial charge < -0.3 is 5.32 Å². The van der Waals surface area contributed by atoms with Gasteiger partial charge in [-0.05, 0) is 19.1 Å². The number of pyridine rings is 1. The standard InChI is InChI=1S/C12H13N7O3/c1-2-14-10-9(19(21)22)11(16-7-15-10)17-18-12(20)8-4-3-5-13-6-8/h3-7H,2H2,1H3,(H,18,20)(H2,14,15,16,17). The molecule has 2 heterocycles. The summed E-state index contributed by atoms with van der Waals surface area (Å²) in [4.78, 5) is 33.8. The summed E-state index contributed by atoms with van der Waals surface area (Å²) in [6.45, 7) is 2.24. The van der Waals surface area contributed by atoms with E-state index in [2.05, 4.69) is 31.1 Å². The Morgan fingerprint density at radius 2 is 2.14 bits per heavy atom. The predicted octanol–water partition coefficient (Wildman–Crippen LogP) is 0.968. The maximum atomic E-state index is 11.9. The molecule has 2 aromatic rings. The number of rotatable bonds is 6. The highest BCUT2D eigenvalue weighted by atomic mass is 16.6. The first kappa shape index (κ1) is 15.1. The maximum absolute atomic E-state index is 11.9. The van der Waals surface area contributed by atoms with Crippen LogP contribution < -0.4 is 16.2 Å². The summed E-state index contributed by atoms with van der Waals surface area (Å²) in [5.74, 6) is -0.542. The van der Waals surface area contributed by atoms with Gasteiger partial charge in [-0.15, -0.1) is 0 Å². The van der Waals surface area contributed by atoms with E-state index >= 15 is 0 Å². The minimum Gasteiger partial charge on any atom is -0.364 e. The van der Waals surface area contributed by atoms with Crippen molar-refractivity contribution in [3.05, 3.63) is 46.5 Å². The first-order chi connectivity index (χ1) is 10.6. The summed E-state index contributed by atoms with van der Waals surface area (Å²) in [5, 5.41) is 13.9. The molecule has 0 fully saturated rings. The molecular formula is C12H13N7O3. The van der Waals surface area contributed by atoms with E-state index in [0.717, 1.165) is 6.33 Å². The third kappa shape index (κ3) is 3.42. The van der Waals surface area contributed by atoms with Gasteiger partial charge in [0.05, 0.1) is 10.5 Å². The van der Waals surface area contributed by atoms with Gasteiger partial charge in [-0.25, -0.2) is 9.97 Å². The summed E-state index contributed by atoms with van der Waals surface area (Å²) < 4.78 is 0. The van der Waals surface area contributed by atoms with Gasteiger partial charge in [0.1, 0.15) is 6.33 Å². The topological polar surface area (TPSA) is 135 Å². The molecule has 0 aliphatic rings. The number of hydrogen-bond acceptors (Lipinski definition) is 8. The second kappa shape index (κ2) is 6.92. The van der Waals surface area contributed by atoms with Crippen molar-refractivity contribution in [2.24, 2.45) is 0 Å². The maximum Gasteiger partial charge on any atom is 0.354 e. The number of carbonyl (C=O) groups is 1. The lowest BCUT2D eigenvalue weighted by Crippen LogP contribution is -2.30. The van der Waals surface area contributed by atoms with Crippen LogP contribution in [0.1, 0.15) is 17.3 Å². The van der Waals surface area contributed by atoms with E-state index in [0.29, 0.717) is 12.1 Å². The zero-order chi connectivity index (χ0) is 15.9. The molecule has 0 bridgehead atoms. The van der Waals surface area contributed by atoms with E-state index in [9.17, 15) is 14.9 Å². The lowest BCUT2D eigenvalue weighted by atomic mass is 10.3. The highest BCUT2D eigenvalue weighted by Crippen LogP contribution is 2.27. The molecule has 0 atom stereocenters. The average Bonchev–Trinajstić information content (AvgIpc) is 2.53. The third-order valence-corrected chi connectivity index (χ3v) is 2.57. The first-order valence-corrected chi connectivity index (χ1v) is 6.33. The molecule has 0 saturated heterocycles. The second-order valence-corrected chi connectivity index (χ2v) is 4.03. The molecule has 22 heavy (non-hydrogen) atoms. The molecular weight excluding hydrogens is 290 g/mol. The Balaban J connectivity index is 2.17. The Labute approximate surface area is 125 Å². The van der Waals surface area contributed by atoms with Gasteiger partial charge in [0, 0.05) is 18.9 Å². The van der Waals surface area contributed by atoms with E-state index in [1.165, 1.54) is 12.4 Å². The number of carbonyl (C=O) groups excluding carboxylic acids is 1. The van der Waals surface area contributed by atoms with Crippen LogP contribution in [0.2, 0.25) is 0 Å². The Morgan fingerprint density at radius 3 is 2.77 bits per heavy atom. The summed E-state index contributed by atoms with van der Waals surface area (Å²) in [6.07, 6.45) is 4.06. The Bertz CT molecular complexity index is 678. The Hall–Kier alpha value is -3.30. The van der Waals surface area contributed by atoms with Crippen LogP contribution in [0, 0.1) is 10.1 Å². The number of anilines is 2. The highest BCUT2D eigenvalue weighted by Gasteiger charge is 2.23. The number of nitro groups is 1. The van der Waals surface area contributed by atoms with Crippen molar-refractivity contribution in [1.29, 1.82) is 0 Å². The van der Waals surface area contributed by atoms with Crippen LogP contribution >= 0.6 is 0 Å². The number of hydrazine groups is 1. The zero-order valence-corrected chi connectivity index (χ0v) is 11.6. The van der Waals surface area contributed by atoms with E-state index in [-0.39, 0.29) is 17.3 Å². The van der Waals surface area contributed by atoms with E-state index in [4.69, 9.17) is 0 Å². The molecule has 3 N–H and O–H groups in total.